The quantitative estimate of drug-likeness (QED) is 0.861. The number of ether oxygens (including phenoxy) is 2. The Labute approximate surface area is 108 Å². The molecular formula is C14H18N2O2. The van der Waals surface area contributed by atoms with Gasteiger partial charge in [-0.3, -0.25) is 0 Å². The molecule has 1 aromatic rings. The minimum Gasteiger partial charge on any atom is -0.478 e. The third-order valence-electron chi connectivity index (χ3n) is 3.07. The molecule has 1 fully saturated rings. The molecule has 1 aromatic carbocycles. The van der Waals surface area contributed by atoms with Gasteiger partial charge < -0.3 is 14.8 Å². The van der Waals surface area contributed by atoms with Crippen LogP contribution < -0.4 is 10.1 Å². The van der Waals surface area contributed by atoms with E-state index in [1.807, 2.05) is 30.3 Å². The van der Waals surface area contributed by atoms with Crippen LogP contribution in [-0.4, -0.2) is 25.9 Å². The first-order valence-electron chi connectivity index (χ1n) is 6.29. The fourth-order valence-electron chi connectivity index (χ4n) is 2.06. The number of benzene rings is 1. The van der Waals surface area contributed by atoms with Gasteiger partial charge in [0.25, 0.3) is 0 Å². The number of nitrogens with zero attached hydrogens (tertiary/aromatic N) is 1. The predicted molar refractivity (Wildman–Crippen MR) is 68.2 cm³/mol. The largest absolute Gasteiger partial charge is 0.478 e. The fraction of sp³-hybridized carbons (Fsp3) is 0.500. The molecule has 1 heterocycles. The molecule has 1 aliphatic heterocycles. The SMILES string of the molecule is N#CCOc1ccccc1CNC1CCOCC1. The van der Waals surface area contributed by atoms with Crippen molar-refractivity contribution in [3.63, 3.8) is 0 Å². The van der Waals surface area contributed by atoms with E-state index in [0.717, 1.165) is 43.9 Å². The number of para-hydroxylation sites is 1. The van der Waals surface area contributed by atoms with Crippen molar-refractivity contribution in [2.45, 2.75) is 25.4 Å². The van der Waals surface area contributed by atoms with Crippen LogP contribution in [0.3, 0.4) is 0 Å². The minimum absolute atomic E-state index is 0.0915. The highest BCUT2D eigenvalue weighted by Crippen LogP contribution is 2.18. The van der Waals surface area contributed by atoms with Crippen molar-refractivity contribution in [3.05, 3.63) is 29.8 Å². The minimum atomic E-state index is 0.0915. The molecule has 0 radical (unpaired) electrons. The molecule has 0 saturated carbocycles. The van der Waals surface area contributed by atoms with Crippen molar-refractivity contribution in [2.24, 2.45) is 0 Å². The van der Waals surface area contributed by atoms with Crippen molar-refractivity contribution in [1.82, 2.24) is 5.32 Å². The standard InChI is InChI=1S/C14H18N2O2/c15-7-10-18-14-4-2-1-3-12(14)11-16-13-5-8-17-9-6-13/h1-4,13,16H,5-6,8-11H2. The Morgan fingerprint density at radius 2 is 2.11 bits per heavy atom. The molecule has 0 aromatic heterocycles. The van der Waals surface area contributed by atoms with Crippen molar-refractivity contribution in [3.8, 4) is 11.8 Å². The molecule has 0 atom stereocenters. The van der Waals surface area contributed by atoms with Crippen LogP contribution >= 0.6 is 0 Å². The number of nitriles is 1. The van der Waals surface area contributed by atoms with Gasteiger partial charge in [-0.25, -0.2) is 0 Å². The van der Waals surface area contributed by atoms with Gasteiger partial charge in [0.1, 0.15) is 11.8 Å². The molecule has 1 saturated heterocycles. The van der Waals surface area contributed by atoms with Gasteiger partial charge >= 0.3 is 0 Å². The maximum Gasteiger partial charge on any atom is 0.174 e. The van der Waals surface area contributed by atoms with E-state index in [0.29, 0.717) is 6.04 Å². The molecule has 1 aliphatic rings. The number of nitrogens with one attached hydrogen (secondary N) is 1. The third kappa shape index (κ3) is 3.73. The molecule has 0 bridgehead atoms. The summed E-state index contributed by atoms with van der Waals surface area (Å²) in [5.74, 6) is 0.790. The Balaban J connectivity index is 1.89. The van der Waals surface area contributed by atoms with Gasteiger partial charge in [-0.05, 0) is 18.9 Å². The second-order valence-corrected chi connectivity index (χ2v) is 4.32. The molecule has 4 heteroatoms. The lowest BCUT2D eigenvalue weighted by Crippen LogP contribution is -2.34. The summed E-state index contributed by atoms with van der Waals surface area (Å²) < 4.78 is 10.7. The molecule has 1 N–H and O–H groups in total. The summed E-state index contributed by atoms with van der Waals surface area (Å²) in [4.78, 5) is 0. The second-order valence-electron chi connectivity index (χ2n) is 4.32. The Hall–Kier alpha value is -1.57. The average Bonchev–Trinajstić information content (AvgIpc) is 2.45. The number of hydrogen-bond donors (Lipinski definition) is 1. The summed E-state index contributed by atoms with van der Waals surface area (Å²) in [7, 11) is 0. The molecule has 0 amide bonds. The van der Waals surface area contributed by atoms with Crippen LogP contribution in [0.1, 0.15) is 18.4 Å². The normalized spacial score (nSPS) is 16.2. The summed E-state index contributed by atoms with van der Waals surface area (Å²) in [6, 6.07) is 10.3. The predicted octanol–water partition coefficient (Wildman–Crippen LogP) is 1.86. The zero-order valence-electron chi connectivity index (χ0n) is 10.4. The van der Waals surface area contributed by atoms with E-state index in [1.165, 1.54) is 0 Å². The van der Waals surface area contributed by atoms with Gasteiger partial charge in [-0.15, -0.1) is 0 Å². The Morgan fingerprint density at radius 1 is 1.33 bits per heavy atom. The van der Waals surface area contributed by atoms with Gasteiger partial charge in [0, 0.05) is 31.4 Å². The highest BCUT2D eigenvalue weighted by atomic mass is 16.5. The monoisotopic (exact) mass is 246 g/mol. The van der Waals surface area contributed by atoms with Crippen LogP contribution in [0, 0.1) is 11.3 Å². The maximum absolute atomic E-state index is 8.55. The van der Waals surface area contributed by atoms with Crippen LogP contribution in [0.4, 0.5) is 0 Å². The molecular weight excluding hydrogens is 228 g/mol. The Morgan fingerprint density at radius 3 is 2.89 bits per heavy atom. The van der Waals surface area contributed by atoms with E-state index >= 15 is 0 Å². The zero-order chi connectivity index (χ0) is 12.6. The lowest BCUT2D eigenvalue weighted by molar-refractivity contribution is 0.0775. The van der Waals surface area contributed by atoms with Crippen molar-refractivity contribution < 1.29 is 9.47 Å². The van der Waals surface area contributed by atoms with Crippen molar-refractivity contribution in [2.75, 3.05) is 19.8 Å². The summed E-state index contributed by atoms with van der Waals surface area (Å²) in [5, 5.41) is 12.1. The van der Waals surface area contributed by atoms with Crippen LogP contribution in [0.25, 0.3) is 0 Å². The van der Waals surface area contributed by atoms with E-state index in [-0.39, 0.29) is 6.61 Å². The van der Waals surface area contributed by atoms with Gasteiger partial charge in [-0.2, -0.15) is 5.26 Å². The first kappa shape index (κ1) is 12.9. The van der Waals surface area contributed by atoms with Crippen LogP contribution in [-0.2, 0) is 11.3 Å². The van der Waals surface area contributed by atoms with Crippen molar-refractivity contribution in [1.29, 1.82) is 5.26 Å². The highest BCUT2D eigenvalue weighted by molar-refractivity contribution is 5.33. The third-order valence-corrected chi connectivity index (χ3v) is 3.07. The summed E-state index contributed by atoms with van der Waals surface area (Å²) in [5.41, 5.74) is 1.10. The van der Waals surface area contributed by atoms with E-state index in [2.05, 4.69) is 5.32 Å². The molecule has 2 rings (SSSR count). The van der Waals surface area contributed by atoms with Crippen LogP contribution in [0.2, 0.25) is 0 Å². The Kier molecular flexibility index (Phi) is 5.00. The first-order valence-corrected chi connectivity index (χ1v) is 6.29. The van der Waals surface area contributed by atoms with Crippen molar-refractivity contribution >= 4 is 0 Å². The van der Waals surface area contributed by atoms with Crippen LogP contribution in [0.15, 0.2) is 24.3 Å². The molecule has 0 unspecified atom stereocenters. The van der Waals surface area contributed by atoms with Crippen LogP contribution in [0.5, 0.6) is 5.75 Å². The zero-order valence-corrected chi connectivity index (χ0v) is 10.4. The first-order chi connectivity index (χ1) is 8.90. The van der Waals surface area contributed by atoms with Gasteiger partial charge in [0.2, 0.25) is 0 Å². The summed E-state index contributed by atoms with van der Waals surface area (Å²) in [6.45, 7) is 2.54. The molecule has 0 spiro atoms. The van der Waals surface area contributed by atoms with Gasteiger partial charge in [-0.1, -0.05) is 18.2 Å². The summed E-state index contributed by atoms with van der Waals surface area (Å²) >= 11 is 0. The van der Waals surface area contributed by atoms with E-state index in [9.17, 15) is 0 Å². The average molecular weight is 246 g/mol. The Bertz CT molecular complexity index is 409. The molecule has 18 heavy (non-hydrogen) atoms. The number of hydrogen-bond acceptors (Lipinski definition) is 4. The van der Waals surface area contributed by atoms with E-state index < -0.39 is 0 Å². The number of rotatable bonds is 5. The molecule has 4 nitrogen and oxygen atoms in total. The smallest absolute Gasteiger partial charge is 0.174 e. The van der Waals surface area contributed by atoms with E-state index in [1.54, 1.807) is 0 Å². The summed E-state index contributed by atoms with van der Waals surface area (Å²) in [6.07, 6.45) is 2.11. The second kappa shape index (κ2) is 7.00. The molecule has 0 aliphatic carbocycles. The van der Waals surface area contributed by atoms with Gasteiger partial charge in [0.05, 0.1) is 0 Å². The van der Waals surface area contributed by atoms with Gasteiger partial charge in [0.15, 0.2) is 6.61 Å². The van der Waals surface area contributed by atoms with E-state index in [4.69, 9.17) is 14.7 Å². The fourth-order valence-corrected chi connectivity index (χ4v) is 2.06. The molecule has 96 valence electrons. The lowest BCUT2D eigenvalue weighted by atomic mass is 10.1. The highest BCUT2D eigenvalue weighted by Gasteiger charge is 2.13. The maximum atomic E-state index is 8.55. The topological polar surface area (TPSA) is 54.3 Å². The lowest BCUT2D eigenvalue weighted by Gasteiger charge is -2.23.